The van der Waals surface area contributed by atoms with Crippen molar-refractivity contribution in [2.75, 3.05) is 11.6 Å². The number of ether oxygens (including phenoxy) is 1. The average molecular weight is 422 g/mol. The molecule has 0 spiro atoms. The second-order valence-electron chi connectivity index (χ2n) is 7.40. The Morgan fingerprint density at radius 1 is 0.906 bits per heavy atom. The van der Waals surface area contributed by atoms with Crippen molar-refractivity contribution in [3.63, 3.8) is 0 Å². The summed E-state index contributed by atoms with van der Waals surface area (Å²) in [5.74, 6) is -0.519. The zero-order chi connectivity index (χ0) is 22.1. The van der Waals surface area contributed by atoms with Crippen molar-refractivity contribution in [1.29, 1.82) is 0 Å². The highest BCUT2D eigenvalue weighted by molar-refractivity contribution is 6.15. The molecule has 0 saturated carbocycles. The van der Waals surface area contributed by atoms with Gasteiger partial charge in [0, 0.05) is 11.8 Å². The van der Waals surface area contributed by atoms with Crippen LogP contribution in [0.25, 0.3) is 17.3 Å². The van der Waals surface area contributed by atoms with Crippen LogP contribution in [0, 0.1) is 0 Å². The number of hydrazine groups is 1. The van der Waals surface area contributed by atoms with Crippen molar-refractivity contribution in [1.82, 2.24) is 5.01 Å². The second kappa shape index (κ2) is 8.12. The molecule has 0 bridgehead atoms. The van der Waals surface area contributed by atoms with E-state index < -0.39 is 5.97 Å². The summed E-state index contributed by atoms with van der Waals surface area (Å²) in [7, 11) is 0. The smallest absolute Gasteiger partial charge is 0.341 e. The number of aliphatic hydroxyl groups excluding tert-OH is 1. The van der Waals surface area contributed by atoms with E-state index in [1.807, 2.05) is 102 Å². The first kappa shape index (κ1) is 19.7. The Bertz CT molecular complexity index is 1260. The number of para-hydroxylation sites is 1. The van der Waals surface area contributed by atoms with E-state index in [0.29, 0.717) is 16.8 Å². The minimum atomic E-state index is -0.476. The fourth-order valence-corrected chi connectivity index (χ4v) is 4.16. The maximum absolute atomic E-state index is 13.3. The quantitative estimate of drug-likeness (QED) is 0.554. The number of carbonyl (C=O) groups excluding carboxylic acids is 1. The van der Waals surface area contributed by atoms with Crippen molar-refractivity contribution in [2.45, 2.75) is 6.92 Å². The molecule has 2 aliphatic heterocycles. The van der Waals surface area contributed by atoms with Crippen LogP contribution in [0.5, 0.6) is 0 Å². The van der Waals surface area contributed by atoms with E-state index in [-0.39, 0.29) is 12.5 Å². The Balaban J connectivity index is 1.86. The van der Waals surface area contributed by atoms with Gasteiger partial charge in [-0.15, -0.1) is 0 Å². The summed E-state index contributed by atoms with van der Waals surface area (Å²) < 4.78 is 5.48. The molecule has 5 heteroatoms. The molecule has 32 heavy (non-hydrogen) atoms. The first-order valence-electron chi connectivity index (χ1n) is 10.5. The van der Waals surface area contributed by atoms with Gasteiger partial charge in [0.2, 0.25) is 5.88 Å². The molecule has 1 N–H and O–H groups in total. The number of aliphatic hydroxyl groups is 1. The number of rotatable bonds is 4. The summed E-state index contributed by atoms with van der Waals surface area (Å²) in [6.45, 7) is 2.01. The lowest BCUT2D eigenvalue weighted by Gasteiger charge is -2.43. The molecule has 3 aromatic rings. The molecule has 5 rings (SSSR count). The Kier molecular flexibility index (Phi) is 5.00. The van der Waals surface area contributed by atoms with Gasteiger partial charge in [-0.2, -0.15) is 0 Å². The van der Waals surface area contributed by atoms with Crippen LogP contribution in [0.15, 0.2) is 103 Å². The minimum absolute atomic E-state index is 0.0433. The number of carbonyl (C=O) groups is 1. The van der Waals surface area contributed by atoms with Gasteiger partial charge in [0.15, 0.2) is 0 Å². The van der Waals surface area contributed by atoms with E-state index in [4.69, 9.17) is 4.74 Å². The summed E-state index contributed by atoms with van der Waals surface area (Å²) >= 11 is 0. The summed E-state index contributed by atoms with van der Waals surface area (Å²) in [5, 5.41) is 15.1. The summed E-state index contributed by atoms with van der Waals surface area (Å²) in [6, 6.07) is 26.9. The molecule has 3 aromatic carbocycles. The van der Waals surface area contributed by atoms with Crippen LogP contribution in [-0.2, 0) is 9.53 Å². The number of benzene rings is 3. The third kappa shape index (κ3) is 3.15. The molecule has 0 aliphatic carbocycles. The van der Waals surface area contributed by atoms with Gasteiger partial charge >= 0.3 is 5.97 Å². The van der Waals surface area contributed by atoms with Gasteiger partial charge in [-0.3, -0.25) is 5.01 Å². The summed E-state index contributed by atoms with van der Waals surface area (Å²) in [4.78, 5) is 13.3. The molecule has 158 valence electrons. The van der Waals surface area contributed by atoms with Gasteiger partial charge in [-0.1, -0.05) is 72.8 Å². The molecule has 0 amide bonds. The van der Waals surface area contributed by atoms with Crippen molar-refractivity contribution in [3.8, 4) is 0 Å². The molecule has 5 nitrogen and oxygen atoms in total. The van der Waals surface area contributed by atoms with E-state index in [1.165, 1.54) is 0 Å². The third-order valence-corrected chi connectivity index (χ3v) is 5.51. The van der Waals surface area contributed by atoms with Crippen molar-refractivity contribution in [2.24, 2.45) is 0 Å². The molecule has 0 atom stereocenters. The molecule has 2 aliphatic rings. The van der Waals surface area contributed by atoms with E-state index in [0.717, 1.165) is 22.4 Å². The standard InChI is InChI=1S/C27H22N2O3/c1-2-32-27(31)24-23(20-12-5-3-6-13-20)26(30)29(21-14-7-4-8-15-21)28-18-17-19-11-9-10-16-22(19)25(24)28/h3-18,30H,2H2,1H3. The number of fused-ring (bicyclic) bond motifs is 3. The van der Waals surface area contributed by atoms with Gasteiger partial charge in [-0.05, 0) is 36.3 Å². The van der Waals surface area contributed by atoms with Crippen LogP contribution in [0.2, 0.25) is 0 Å². The maximum atomic E-state index is 13.3. The molecular weight excluding hydrogens is 400 g/mol. The van der Waals surface area contributed by atoms with Gasteiger partial charge < -0.3 is 9.84 Å². The molecule has 0 saturated heterocycles. The Hall–Kier alpha value is -4.25. The lowest BCUT2D eigenvalue weighted by molar-refractivity contribution is -0.138. The van der Waals surface area contributed by atoms with Crippen molar-refractivity contribution >= 4 is 29.0 Å². The fraction of sp³-hybridized carbons (Fsp3) is 0.0741. The zero-order valence-electron chi connectivity index (χ0n) is 17.6. The highest BCUT2D eigenvalue weighted by Crippen LogP contribution is 2.45. The molecule has 2 heterocycles. The van der Waals surface area contributed by atoms with Gasteiger partial charge in [0.05, 0.1) is 29.1 Å². The summed E-state index contributed by atoms with van der Waals surface area (Å²) in [6.07, 6.45) is 3.83. The number of esters is 1. The molecular formula is C27H22N2O3. The average Bonchev–Trinajstić information content (AvgIpc) is 2.84. The highest BCUT2D eigenvalue weighted by Gasteiger charge is 2.39. The predicted octanol–water partition coefficient (Wildman–Crippen LogP) is 5.61. The van der Waals surface area contributed by atoms with Gasteiger partial charge in [0.1, 0.15) is 0 Å². The van der Waals surface area contributed by atoms with Crippen LogP contribution < -0.4 is 5.01 Å². The largest absolute Gasteiger partial charge is 0.493 e. The maximum Gasteiger partial charge on any atom is 0.341 e. The second-order valence-corrected chi connectivity index (χ2v) is 7.40. The normalized spacial score (nSPS) is 14.9. The van der Waals surface area contributed by atoms with Gasteiger partial charge in [-0.25, -0.2) is 9.80 Å². The number of anilines is 1. The lowest BCUT2D eigenvalue weighted by atomic mass is 9.89. The lowest BCUT2D eigenvalue weighted by Crippen LogP contribution is -2.43. The van der Waals surface area contributed by atoms with Crippen molar-refractivity contribution < 1.29 is 14.6 Å². The number of hydrogen-bond acceptors (Lipinski definition) is 5. The Labute approximate surface area is 186 Å². The summed E-state index contributed by atoms with van der Waals surface area (Å²) in [5.41, 5.74) is 4.81. The first-order valence-corrected chi connectivity index (χ1v) is 10.5. The van der Waals surface area contributed by atoms with Crippen LogP contribution in [0.1, 0.15) is 23.6 Å². The zero-order valence-corrected chi connectivity index (χ0v) is 17.6. The highest BCUT2D eigenvalue weighted by atomic mass is 16.5. The van der Waals surface area contributed by atoms with Crippen LogP contribution in [-0.4, -0.2) is 22.7 Å². The molecule has 0 fully saturated rings. The molecule has 0 unspecified atom stereocenters. The fourth-order valence-electron chi connectivity index (χ4n) is 4.16. The predicted molar refractivity (Wildman–Crippen MR) is 126 cm³/mol. The SMILES string of the molecule is CCOC(=O)C1=C2c3ccccc3C=CN2N(c2ccccc2)C(O)=C1c1ccccc1. The Morgan fingerprint density at radius 2 is 1.56 bits per heavy atom. The van der Waals surface area contributed by atoms with E-state index in [2.05, 4.69) is 0 Å². The van der Waals surface area contributed by atoms with Crippen LogP contribution >= 0.6 is 0 Å². The van der Waals surface area contributed by atoms with E-state index >= 15 is 0 Å². The molecule has 0 aromatic heterocycles. The van der Waals surface area contributed by atoms with Crippen LogP contribution in [0.4, 0.5) is 5.69 Å². The topological polar surface area (TPSA) is 53.0 Å². The monoisotopic (exact) mass is 422 g/mol. The molecule has 0 radical (unpaired) electrons. The van der Waals surface area contributed by atoms with E-state index in [1.54, 1.807) is 11.9 Å². The Morgan fingerprint density at radius 3 is 2.28 bits per heavy atom. The number of hydrogen-bond donors (Lipinski definition) is 1. The van der Waals surface area contributed by atoms with Gasteiger partial charge in [0.25, 0.3) is 0 Å². The van der Waals surface area contributed by atoms with Crippen molar-refractivity contribution in [3.05, 3.63) is 119 Å². The van der Waals surface area contributed by atoms with Crippen LogP contribution in [0.3, 0.4) is 0 Å². The first-order chi connectivity index (χ1) is 15.7. The minimum Gasteiger partial charge on any atom is -0.493 e. The third-order valence-electron chi connectivity index (χ3n) is 5.51. The van der Waals surface area contributed by atoms with E-state index in [9.17, 15) is 9.90 Å². The number of nitrogens with zero attached hydrogens (tertiary/aromatic N) is 2.